The molecule has 0 fully saturated rings. The van der Waals surface area contributed by atoms with Gasteiger partial charge in [0.1, 0.15) is 21.3 Å². The summed E-state index contributed by atoms with van der Waals surface area (Å²) in [7, 11) is 0. The van der Waals surface area contributed by atoms with E-state index in [1.807, 2.05) is 42.6 Å². The Bertz CT molecular complexity index is 1420. The van der Waals surface area contributed by atoms with Crippen LogP contribution in [0, 0.1) is 12.7 Å². The van der Waals surface area contributed by atoms with E-state index in [2.05, 4.69) is 0 Å². The van der Waals surface area contributed by atoms with E-state index in [1.54, 1.807) is 35.6 Å². The van der Waals surface area contributed by atoms with Gasteiger partial charge in [0.2, 0.25) is 0 Å². The predicted molar refractivity (Wildman–Crippen MR) is 129 cm³/mol. The average molecular weight is 461 g/mol. The van der Waals surface area contributed by atoms with Crippen molar-refractivity contribution in [1.82, 2.24) is 4.98 Å². The lowest BCUT2D eigenvalue weighted by Gasteiger charge is -2.08. The first-order chi connectivity index (χ1) is 15.5. The highest BCUT2D eigenvalue weighted by atomic mass is 32.1. The van der Waals surface area contributed by atoms with Gasteiger partial charge in [-0.25, -0.2) is 14.2 Å². The number of pyridine rings is 1. The van der Waals surface area contributed by atoms with Crippen LogP contribution in [0.2, 0.25) is 0 Å². The Morgan fingerprint density at radius 2 is 1.81 bits per heavy atom. The van der Waals surface area contributed by atoms with Gasteiger partial charge in [-0.05, 0) is 59.8 Å². The molecule has 5 aromatic rings. The number of halogens is 1. The number of esters is 1. The number of nitrogens with two attached hydrogens (primary N) is 1. The van der Waals surface area contributed by atoms with E-state index in [0.717, 1.165) is 27.3 Å². The zero-order valence-corrected chi connectivity index (χ0v) is 18.6. The second kappa shape index (κ2) is 8.18. The maximum absolute atomic E-state index is 13.5. The van der Waals surface area contributed by atoms with Gasteiger partial charge >= 0.3 is 5.97 Å². The Balaban J connectivity index is 1.65. The first-order valence-electron chi connectivity index (χ1n) is 9.81. The van der Waals surface area contributed by atoms with E-state index in [-0.39, 0.29) is 5.82 Å². The smallest absolute Gasteiger partial charge is 0.355 e. The molecule has 0 spiro atoms. The lowest BCUT2D eigenvalue weighted by Crippen LogP contribution is -2.08. The van der Waals surface area contributed by atoms with Gasteiger partial charge in [-0.1, -0.05) is 35.9 Å². The maximum Gasteiger partial charge on any atom is 0.355 e. The summed E-state index contributed by atoms with van der Waals surface area (Å²) in [5.41, 5.74) is 10.2. The van der Waals surface area contributed by atoms with Crippen molar-refractivity contribution in [2.75, 3.05) is 5.73 Å². The number of fused-ring (bicyclic) bond motifs is 1. The van der Waals surface area contributed by atoms with Crippen LogP contribution >= 0.6 is 22.7 Å². The molecule has 2 aromatic carbocycles. The van der Waals surface area contributed by atoms with Crippen LogP contribution in [0.4, 0.5) is 10.1 Å². The first-order valence-corrected chi connectivity index (χ1v) is 11.5. The van der Waals surface area contributed by atoms with Crippen molar-refractivity contribution in [3.05, 3.63) is 88.4 Å². The summed E-state index contributed by atoms with van der Waals surface area (Å²) in [6, 6.07) is 19.3. The van der Waals surface area contributed by atoms with Crippen molar-refractivity contribution in [3.8, 4) is 27.4 Å². The fourth-order valence-corrected chi connectivity index (χ4v) is 5.12. The number of thiophene rings is 2. The number of rotatable bonds is 4. The molecule has 0 aliphatic rings. The summed E-state index contributed by atoms with van der Waals surface area (Å²) in [5.74, 6) is -0.404. The van der Waals surface area contributed by atoms with Crippen LogP contribution in [0.1, 0.15) is 15.2 Å². The number of aryl methyl sites for hydroxylation is 1. The number of nitrogens with zero attached hydrogens (tertiary/aromatic N) is 1. The molecule has 3 aromatic heterocycles. The van der Waals surface area contributed by atoms with E-state index in [9.17, 15) is 9.18 Å². The van der Waals surface area contributed by atoms with E-state index in [1.165, 1.54) is 23.5 Å². The van der Waals surface area contributed by atoms with Gasteiger partial charge in [0.15, 0.2) is 0 Å². The predicted octanol–water partition coefficient (Wildman–Crippen LogP) is 6.94. The third-order valence-electron chi connectivity index (χ3n) is 5.04. The zero-order chi connectivity index (χ0) is 22.2. The number of ether oxygens (including phenoxy) is 1. The molecule has 0 bridgehead atoms. The Labute approximate surface area is 191 Å². The molecular formula is C25H17FN2O2S2. The van der Waals surface area contributed by atoms with E-state index >= 15 is 0 Å². The Morgan fingerprint density at radius 1 is 1.06 bits per heavy atom. The number of hydrogen-bond acceptors (Lipinski definition) is 6. The number of carbonyl (C=O) groups excluding carboxylic acids is 1. The number of nitrogen functional groups attached to an aromatic ring is 1. The Hall–Kier alpha value is -3.55. The summed E-state index contributed by atoms with van der Waals surface area (Å²) in [5, 5.41) is 2.64. The first kappa shape index (κ1) is 20.4. The highest BCUT2D eigenvalue weighted by molar-refractivity contribution is 7.21. The monoisotopic (exact) mass is 460 g/mol. The molecule has 0 amide bonds. The molecule has 0 aliphatic heterocycles. The molecule has 3 heterocycles. The van der Waals surface area contributed by atoms with Crippen LogP contribution < -0.4 is 10.5 Å². The standard InChI is InChI=1S/C25H17FN2O2S2/c1-14-4-10-17(11-5-14)30-25(29)23-22(27)21-18(15-6-8-16(26)9-7-15)13-19(28-24(21)32-23)20-3-2-12-31-20/h2-13H,27H2,1H3. The van der Waals surface area contributed by atoms with E-state index in [0.29, 0.717) is 26.5 Å². The normalized spacial score (nSPS) is 11.1. The van der Waals surface area contributed by atoms with Crippen LogP contribution in [0.15, 0.2) is 72.1 Å². The van der Waals surface area contributed by atoms with Crippen molar-refractivity contribution in [2.24, 2.45) is 0 Å². The summed E-state index contributed by atoms with van der Waals surface area (Å²) in [6.45, 7) is 1.96. The molecule has 5 rings (SSSR count). The van der Waals surface area contributed by atoms with Crippen LogP contribution in [0.3, 0.4) is 0 Å². The van der Waals surface area contributed by atoms with Gasteiger partial charge in [0.05, 0.1) is 16.3 Å². The summed E-state index contributed by atoms with van der Waals surface area (Å²) >= 11 is 2.77. The number of aromatic nitrogens is 1. The molecule has 0 saturated heterocycles. The number of benzene rings is 2. The number of hydrogen-bond donors (Lipinski definition) is 1. The highest BCUT2D eigenvalue weighted by Crippen LogP contribution is 2.42. The lowest BCUT2D eigenvalue weighted by atomic mass is 10.0. The Morgan fingerprint density at radius 3 is 2.50 bits per heavy atom. The summed E-state index contributed by atoms with van der Waals surface area (Å²) < 4.78 is 19.1. The molecule has 158 valence electrons. The molecule has 0 saturated carbocycles. The number of carbonyl (C=O) groups is 1. The lowest BCUT2D eigenvalue weighted by molar-refractivity contribution is 0.0741. The van der Waals surface area contributed by atoms with Crippen molar-refractivity contribution in [3.63, 3.8) is 0 Å². The van der Waals surface area contributed by atoms with Crippen molar-refractivity contribution in [1.29, 1.82) is 0 Å². The topological polar surface area (TPSA) is 65.2 Å². The second-order valence-electron chi connectivity index (χ2n) is 7.27. The fourth-order valence-electron chi connectivity index (χ4n) is 3.44. The van der Waals surface area contributed by atoms with Gasteiger partial charge in [-0.3, -0.25) is 0 Å². The van der Waals surface area contributed by atoms with Gasteiger partial charge in [0.25, 0.3) is 0 Å². The molecule has 4 nitrogen and oxygen atoms in total. The minimum Gasteiger partial charge on any atom is -0.422 e. The highest BCUT2D eigenvalue weighted by Gasteiger charge is 2.23. The second-order valence-corrected chi connectivity index (χ2v) is 9.21. The minimum atomic E-state index is -0.530. The van der Waals surface area contributed by atoms with Crippen LogP contribution in [-0.2, 0) is 0 Å². The fraction of sp³-hybridized carbons (Fsp3) is 0.0400. The van der Waals surface area contributed by atoms with Gasteiger partial charge < -0.3 is 10.5 Å². The van der Waals surface area contributed by atoms with Gasteiger partial charge in [-0.15, -0.1) is 22.7 Å². The maximum atomic E-state index is 13.5. The zero-order valence-electron chi connectivity index (χ0n) is 17.0. The minimum absolute atomic E-state index is 0.291. The molecule has 7 heteroatoms. The third-order valence-corrected chi connectivity index (χ3v) is 7.02. The van der Waals surface area contributed by atoms with E-state index in [4.69, 9.17) is 15.5 Å². The molecule has 0 unspecified atom stereocenters. The van der Waals surface area contributed by atoms with Crippen LogP contribution in [0.25, 0.3) is 31.9 Å². The average Bonchev–Trinajstić information content (AvgIpc) is 3.44. The van der Waals surface area contributed by atoms with Crippen LogP contribution in [0.5, 0.6) is 5.75 Å². The van der Waals surface area contributed by atoms with E-state index < -0.39 is 5.97 Å². The quantitative estimate of drug-likeness (QED) is 0.233. The van der Waals surface area contributed by atoms with Crippen molar-refractivity contribution in [2.45, 2.75) is 6.92 Å². The summed E-state index contributed by atoms with van der Waals surface area (Å²) in [4.78, 5) is 19.6. The van der Waals surface area contributed by atoms with Gasteiger partial charge in [-0.2, -0.15) is 0 Å². The Kier molecular flexibility index (Phi) is 5.20. The molecule has 0 atom stereocenters. The van der Waals surface area contributed by atoms with Gasteiger partial charge in [0, 0.05) is 5.39 Å². The molecular weight excluding hydrogens is 443 g/mol. The molecule has 32 heavy (non-hydrogen) atoms. The van der Waals surface area contributed by atoms with Crippen LogP contribution in [-0.4, -0.2) is 11.0 Å². The summed E-state index contributed by atoms with van der Waals surface area (Å²) in [6.07, 6.45) is 0. The molecule has 0 radical (unpaired) electrons. The number of anilines is 1. The van der Waals surface area contributed by atoms with Crippen molar-refractivity contribution >= 4 is 44.5 Å². The molecule has 0 aliphatic carbocycles. The molecule has 2 N–H and O–H groups in total. The largest absolute Gasteiger partial charge is 0.422 e. The SMILES string of the molecule is Cc1ccc(OC(=O)c2sc3nc(-c4cccs4)cc(-c4ccc(F)cc4)c3c2N)cc1. The third kappa shape index (κ3) is 3.77. The van der Waals surface area contributed by atoms with Crippen molar-refractivity contribution < 1.29 is 13.9 Å².